The Morgan fingerprint density at radius 2 is 1.82 bits per heavy atom. The lowest BCUT2D eigenvalue weighted by Gasteiger charge is -2.20. The monoisotopic (exact) mass is 414 g/mol. The van der Waals surface area contributed by atoms with Crippen molar-refractivity contribution in [2.24, 2.45) is 5.10 Å². The van der Waals surface area contributed by atoms with Crippen LogP contribution >= 0.6 is 23.4 Å². The number of hydrogen-bond donors (Lipinski definition) is 2. The molecule has 1 aromatic heterocycles. The summed E-state index contributed by atoms with van der Waals surface area (Å²) in [6, 6.07) is 16.1. The van der Waals surface area contributed by atoms with Gasteiger partial charge in [0.2, 0.25) is 11.1 Å². The van der Waals surface area contributed by atoms with Gasteiger partial charge >= 0.3 is 0 Å². The molecule has 0 atom stereocenters. The van der Waals surface area contributed by atoms with Crippen molar-refractivity contribution in [1.82, 2.24) is 15.2 Å². The average molecular weight is 415 g/mol. The summed E-state index contributed by atoms with van der Waals surface area (Å²) in [6.45, 7) is 6.30. The van der Waals surface area contributed by atoms with Gasteiger partial charge in [0, 0.05) is 29.6 Å². The van der Waals surface area contributed by atoms with Gasteiger partial charge in [0.15, 0.2) is 0 Å². The number of hydrogen-bond acceptors (Lipinski definition) is 6. The number of hydrazone groups is 1. The number of benzene rings is 2. The molecule has 0 unspecified atom stereocenters. The lowest BCUT2D eigenvalue weighted by molar-refractivity contribution is 0.866. The van der Waals surface area contributed by atoms with Crippen molar-refractivity contribution in [2.75, 3.05) is 23.4 Å². The van der Waals surface area contributed by atoms with Gasteiger partial charge < -0.3 is 4.90 Å². The van der Waals surface area contributed by atoms with Crippen LogP contribution in [-0.2, 0) is 5.75 Å². The average Bonchev–Trinajstić information content (AvgIpc) is 3.17. The van der Waals surface area contributed by atoms with Crippen LogP contribution in [0.4, 0.5) is 11.6 Å². The molecule has 0 aliphatic rings. The number of nitrogens with one attached hydrogen (secondary N) is 2. The Hall–Kier alpha value is -2.51. The molecule has 0 fully saturated rings. The van der Waals surface area contributed by atoms with Crippen molar-refractivity contribution in [1.29, 1.82) is 0 Å². The molecule has 0 aliphatic carbocycles. The molecule has 6 nitrogen and oxygen atoms in total. The molecule has 0 radical (unpaired) electrons. The van der Waals surface area contributed by atoms with Crippen molar-refractivity contribution in [2.45, 2.75) is 24.8 Å². The standard InChI is InChI=1S/C20H23ClN6S/c1-3-27(4-2)18-11-7-15(8-12-18)13-22-24-19-23-20(26-25-19)28-14-16-5-9-17(21)10-6-16/h5-13H,3-4,14H2,1-2H3,(H2,23,24,25,26)/b22-13-. The second-order valence-corrected chi connectivity index (χ2v) is 7.39. The topological polar surface area (TPSA) is 69.2 Å². The van der Waals surface area contributed by atoms with E-state index in [1.807, 2.05) is 36.4 Å². The van der Waals surface area contributed by atoms with E-state index in [0.29, 0.717) is 11.1 Å². The van der Waals surface area contributed by atoms with Gasteiger partial charge in [0.1, 0.15) is 0 Å². The summed E-state index contributed by atoms with van der Waals surface area (Å²) in [5, 5.41) is 12.6. The van der Waals surface area contributed by atoms with Crippen LogP contribution < -0.4 is 10.3 Å². The van der Waals surface area contributed by atoms with Gasteiger partial charge in [-0.2, -0.15) is 10.1 Å². The summed E-state index contributed by atoms with van der Waals surface area (Å²) in [4.78, 5) is 6.67. The summed E-state index contributed by atoms with van der Waals surface area (Å²) in [7, 11) is 0. The number of anilines is 2. The molecule has 0 aliphatic heterocycles. The maximum atomic E-state index is 5.90. The number of H-pyrrole nitrogens is 1. The number of halogens is 1. The molecule has 2 aromatic carbocycles. The van der Waals surface area contributed by atoms with Gasteiger partial charge in [-0.1, -0.05) is 47.6 Å². The van der Waals surface area contributed by atoms with E-state index >= 15 is 0 Å². The second kappa shape index (κ2) is 10.1. The second-order valence-electron chi connectivity index (χ2n) is 6.02. The largest absolute Gasteiger partial charge is 0.372 e. The molecule has 2 N–H and O–H groups in total. The highest BCUT2D eigenvalue weighted by Gasteiger charge is 2.04. The molecule has 0 amide bonds. The SMILES string of the molecule is CCN(CC)c1ccc(/C=N\Nc2nc(SCc3ccc(Cl)cc3)n[nH]2)cc1. The fourth-order valence-corrected chi connectivity index (χ4v) is 3.50. The third-order valence-electron chi connectivity index (χ3n) is 4.15. The van der Waals surface area contributed by atoms with Crippen LogP contribution in [0, 0.1) is 0 Å². The predicted molar refractivity (Wildman–Crippen MR) is 119 cm³/mol. The molecule has 0 bridgehead atoms. The summed E-state index contributed by atoms with van der Waals surface area (Å²) < 4.78 is 0. The predicted octanol–water partition coefficient (Wildman–Crippen LogP) is 5.04. The summed E-state index contributed by atoms with van der Waals surface area (Å²) in [5.41, 5.74) is 6.27. The highest BCUT2D eigenvalue weighted by atomic mass is 35.5. The van der Waals surface area contributed by atoms with Gasteiger partial charge in [-0.25, -0.2) is 10.5 Å². The van der Waals surface area contributed by atoms with Crippen LogP contribution in [0.5, 0.6) is 0 Å². The number of rotatable bonds is 9. The number of aromatic nitrogens is 3. The molecular formula is C20H23ClN6S. The minimum atomic E-state index is 0.509. The van der Waals surface area contributed by atoms with Crippen LogP contribution in [0.1, 0.15) is 25.0 Å². The molecule has 28 heavy (non-hydrogen) atoms. The first-order valence-electron chi connectivity index (χ1n) is 9.11. The van der Waals surface area contributed by atoms with E-state index < -0.39 is 0 Å². The van der Waals surface area contributed by atoms with E-state index in [1.165, 1.54) is 11.3 Å². The Kier molecular flexibility index (Phi) is 7.33. The Morgan fingerprint density at radius 3 is 2.50 bits per heavy atom. The summed E-state index contributed by atoms with van der Waals surface area (Å²) in [5.74, 6) is 1.28. The van der Waals surface area contributed by atoms with Crippen LogP contribution in [0.3, 0.4) is 0 Å². The Labute approximate surface area is 174 Å². The van der Waals surface area contributed by atoms with E-state index in [-0.39, 0.29) is 0 Å². The number of nitrogens with zero attached hydrogens (tertiary/aromatic N) is 4. The first-order valence-corrected chi connectivity index (χ1v) is 10.5. The van der Waals surface area contributed by atoms with Gasteiger partial charge in [0.05, 0.1) is 6.21 Å². The van der Waals surface area contributed by atoms with E-state index in [4.69, 9.17) is 11.6 Å². The Morgan fingerprint density at radius 1 is 1.11 bits per heavy atom. The van der Waals surface area contributed by atoms with Crippen molar-refractivity contribution in [3.05, 3.63) is 64.7 Å². The van der Waals surface area contributed by atoms with Crippen LogP contribution in [0.2, 0.25) is 5.02 Å². The van der Waals surface area contributed by atoms with Crippen LogP contribution in [-0.4, -0.2) is 34.5 Å². The van der Waals surface area contributed by atoms with Crippen molar-refractivity contribution < 1.29 is 0 Å². The minimum Gasteiger partial charge on any atom is -0.372 e. The maximum absolute atomic E-state index is 5.90. The summed E-state index contributed by atoms with van der Waals surface area (Å²) in [6.07, 6.45) is 1.76. The Bertz CT molecular complexity index is 888. The molecule has 146 valence electrons. The normalized spacial score (nSPS) is 11.1. The first kappa shape index (κ1) is 20.2. The van der Waals surface area contributed by atoms with Gasteiger partial charge in [-0.3, -0.25) is 0 Å². The molecule has 0 saturated carbocycles. The quantitative estimate of drug-likeness (QED) is 0.291. The maximum Gasteiger partial charge on any atom is 0.240 e. The van der Waals surface area contributed by atoms with Crippen molar-refractivity contribution >= 4 is 41.2 Å². The lowest BCUT2D eigenvalue weighted by Crippen LogP contribution is -2.21. The zero-order valence-electron chi connectivity index (χ0n) is 15.9. The third-order valence-corrected chi connectivity index (χ3v) is 5.32. The lowest BCUT2D eigenvalue weighted by atomic mass is 10.2. The molecule has 3 aromatic rings. The fraction of sp³-hybridized carbons (Fsp3) is 0.250. The number of aromatic amines is 1. The van der Waals surface area contributed by atoms with Crippen LogP contribution in [0.25, 0.3) is 0 Å². The van der Waals surface area contributed by atoms with Gasteiger partial charge in [0.25, 0.3) is 0 Å². The van der Waals surface area contributed by atoms with Crippen LogP contribution in [0.15, 0.2) is 58.8 Å². The van der Waals surface area contributed by atoms with E-state index in [0.717, 1.165) is 29.4 Å². The van der Waals surface area contributed by atoms with E-state index in [1.54, 1.807) is 18.0 Å². The number of thioether (sulfide) groups is 1. The zero-order valence-corrected chi connectivity index (χ0v) is 17.5. The molecule has 0 saturated heterocycles. The minimum absolute atomic E-state index is 0.509. The Balaban J connectivity index is 1.50. The molecule has 8 heteroatoms. The fourth-order valence-electron chi connectivity index (χ4n) is 2.62. The van der Waals surface area contributed by atoms with E-state index in [2.05, 4.69) is 56.6 Å². The molecular weight excluding hydrogens is 392 g/mol. The summed E-state index contributed by atoms with van der Waals surface area (Å²) >= 11 is 7.44. The highest BCUT2D eigenvalue weighted by molar-refractivity contribution is 7.98. The van der Waals surface area contributed by atoms with Crippen molar-refractivity contribution in [3.8, 4) is 0 Å². The van der Waals surface area contributed by atoms with Gasteiger partial charge in [-0.15, -0.1) is 5.10 Å². The van der Waals surface area contributed by atoms with Crippen molar-refractivity contribution in [3.63, 3.8) is 0 Å². The molecule has 1 heterocycles. The highest BCUT2D eigenvalue weighted by Crippen LogP contribution is 2.21. The molecule has 3 rings (SSSR count). The zero-order chi connectivity index (χ0) is 19.8. The smallest absolute Gasteiger partial charge is 0.240 e. The van der Waals surface area contributed by atoms with E-state index in [9.17, 15) is 0 Å². The third kappa shape index (κ3) is 5.74. The van der Waals surface area contributed by atoms with Gasteiger partial charge in [-0.05, 0) is 49.2 Å². The molecule has 0 spiro atoms. The first-order chi connectivity index (χ1) is 13.7.